The highest BCUT2D eigenvalue weighted by Crippen LogP contribution is 2.14. The molecule has 0 atom stereocenters. The molecule has 0 aliphatic carbocycles. The Kier molecular flexibility index (Phi) is 3.37. The summed E-state index contributed by atoms with van der Waals surface area (Å²) >= 11 is 1.20. The fourth-order valence-corrected chi connectivity index (χ4v) is 2.00. The molecule has 0 aliphatic heterocycles. The van der Waals surface area contributed by atoms with Gasteiger partial charge in [0.05, 0.1) is 17.7 Å². The number of H-pyrrole nitrogens is 1. The summed E-state index contributed by atoms with van der Waals surface area (Å²) in [6.07, 6.45) is 0.890. The van der Waals surface area contributed by atoms with Crippen molar-refractivity contribution >= 4 is 22.2 Å². The molecule has 0 saturated carbocycles. The normalized spacial score (nSPS) is 10.4. The van der Waals surface area contributed by atoms with Crippen LogP contribution in [0.5, 0.6) is 0 Å². The van der Waals surface area contributed by atoms with Crippen molar-refractivity contribution in [1.29, 1.82) is 0 Å². The van der Waals surface area contributed by atoms with Crippen LogP contribution >= 0.6 is 11.3 Å². The number of aromatic amines is 1. The van der Waals surface area contributed by atoms with Gasteiger partial charge in [-0.1, -0.05) is 11.3 Å². The van der Waals surface area contributed by atoms with E-state index in [1.54, 1.807) is 7.05 Å². The predicted octanol–water partition coefficient (Wildman–Crippen LogP) is -0.614. The molecular formula is C8H8N6O4S. The summed E-state index contributed by atoms with van der Waals surface area (Å²) in [4.78, 5) is 34.4. The molecule has 0 aliphatic rings. The number of hydrogen-bond acceptors (Lipinski definition) is 8. The van der Waals surface area contributed by atoms with Crippen molar-refractivity contribution in [2.75, 3.05) is 12.4 Å². The van der Waals surface area contributed by atoms with Gasteiger partial charge in [0.1, 0.15) is 5.01 Å². The van der Waals surface area contributed by atoms with Gasteiger partial charge in [0.2, 0.25) is 5.13 Å². The SMILES string of the molecule is CNc1nnc(Cn2cc([N+](=O)[O-])c(=O)[nH]c2=O)s1. The van der Waals surface area contributed by atoms with Crippen molar-refractivity contribution in [3.8, 4) is 0 Å². The Labute approximate surface area is 108 Å². The van der Waals surface area contributed by atoms with E-state index in [1.807, 2.05) is 4.98 Å². The number of nitro groups is 1. The van der Waals surface area contributed by atoms with Crippen LogP contribution in [0.4, 0.5) is 10.8 Å². The van der Waals surface area contributed by atoms with E-state index in [-0.39, 0.29) is 6.54 Å². The third kappa shape index (κ3) is 2.65. The van der Waals surface area contributed by atoms with Crippen LogP contribution in [0.25, 0.3) is 0 Å². The molecule has 2 rings (SSSR count). The fourth-order valence-electron chi connectivity index (χ4n) is 1.31. The number of nitrogens with zero attached hydrogens (tertiary/aromatic N) is 4. The Hall–Kier alpha value is -2.56. The Morgan fingerprint density at radius 1 is 1.53 bits per heavy atom. The van der Waals surface area contributed by atoms with Gasteiger partial charge in [-0.3, -0.25) is 24.5 Å². The second-order valence-corrected chi connectivity index (χ2v) is 4.47. The summed E-state index contributed by atoms with van der Waals surface area (Å²) in [5.74, 6) is 0. The average molecular weight is 284 g/mol. The second kappa shape index (κ2) is 4.97. The Morgan fingerprint density at radius 3 is 2.84 bits per heavy atom. The van der Waals surface area contributed by atoms with Crippen molar-refractivity contribution in [3.63, 3.8) is 0 Å². The maximum Gasteiger partial charge on any atom is 0.350 e. The minimum absolute atomic E-state index is 0.00417. The van der Waals surface area contributed by atoms with Gasteiger partial charge in [-0.05, 0) is 0 Å². The van der Waals surface area contributed by atoms with Gasteiger partial charge in [0.15, 0.2) is 0 Å². The highest BCUT2D eigenvalue weighted by Gasteiger charge is 2.15. The second-order valence-electron chi connectivity index (χ2n) is 3.41. The molecule has 2 heterocycles. The zero-order chi connectivity index (χ0) is 14.0. The van der Waals surface area contributed by atoms with Gasteiger partial charge in [-0.15, -0.1) is 10.2 Å². The van der Waals surface area contributed by atoms with E-state index >= 15 is 0 Å². The van der Waals surface area contributed by atoms with Gasteiger partial charge in [0.25, 0.3) is 0 Å². The molecule has 0 amide bonds. The van der Waals surface area contributed by atoms with Crippen LogP contribution in [0.3, 0.4) is 0 Å². The van der Waals surface area contributed by atoms with Crippen LogP contribution in [-0.2, 0) is 6.54 Å². The fraction of sp³-hybridized carbons (Fsp3) is 0.250. The summed E-state index contributed by atoms with van der Waals surface area (Å²) in [6, 6.07) is 0. The number of anilines is 1. The summed E-state index contributed by atoms with van der Waals surface area (Å²) in [5.41, 5.74) is -2.46. The largest absolute Gasteiger partial charge is 0.363 e. The van der Waals surface area contributed by atoms with E-state index in [9.17, 15) is 19.7 Å². The monoisotopic (exact) mass is 284 g/mol. The number of nitrogens with one attached hydrogen (secondary N) is 2. The predicted molar refractivity (Wildman–Crippen MR) is 66.5 cm³/mol. The molecule has 11 heteroatoms. The van der Waals surface area contributed by atoms with Crippen molar-refractivity contribution in [3.05, 3.63) is 42.2 Å². The quantitative estimate of drug-likeness (QED) is 0.564. The third-order valence-electron chi connectivity index (χ3n) is 2.18. The van der Waals surface area contributed by atoms with Crippen molar-refractivity contribution in [2.45, 2.75) is 6.54 Å². The van der Waals surface area contributed by atoms with E-state index in [4.69, 9.17) is 0 Å². The van der Waals surface area contributed by atoms with Gasteiger partial charge in [-0.25, -0.2) is 4.79 Å². The number of aromatic nitrogens is 4. The molecule has 19 heavy (non-hydrogen) atoms. The highest BCUT2D eigenvalue weighted by atomic mass is 32.1. The minimum Gasteiger partial charge on any atom is -0.363 e. The first kappa shape index (κ1) is 12.9. The molecule has 0 radical (unpaired) electrons. The lowest BCUT2D eigenvalue weighted by molar-refractivity contribution is -0.386. The lowest BCUT2D eigenvalue weighted by Crippen LogP contribution is -2.31. The highest BCUT2D eigenvalue weighted by molar-refractivity contribution is 7.15. The van der Waals surface area contributed by atoms with Crippen molar-refractivity contribution in [1.82, 2.24) is 19.7 Å². The first-order chi connectivity index (χ1) is 9.01. The smallest absolute Gasteiger partial charge is 0.350 e. The van der Waals surface area contributed by atoms with Crippen LogP contribution < -0.4 is 16.6 Å². The summed E-state index contributed by atoms with van der Waals surface area (Å²) < 4.78 is 0.999. The number of hydrogen-bond donors (Lipinski definition) is 2. The zero-order valence-corrected chi connectivity index (χ0v) is 10.4. The van der Waals surface area contributed by atoms with Gasteiger partial charge < -0.3 is 5.32 Å². The molecule has 0 saturated heterocycles. The zero-order valence-electron chi connectivity index (χ0n) is 9.61. The topological polar surface area (TPSA) is 136 Å². The Morgan fingerprint density at radius 2 is 2.26 bits per heavy atom. The first-order valence-corrected chi connectivity index (χ1v) is 5.81. The van der Waals surface area contributed by atoms with Crippen LogP contribution in [-0.4, -0.2) is 31.7 Å². The summed E-state index contributed by atoms with van der Waals surface area (Å²) in [6.45, 7) is -0.00417. The first-order valence-electron chi connectivity index (χ1n) is 4.99. The maximum absolute atomic E-state index is 11.5. The van der Waals surface area contributed by atoms with E-state index in [0.717, 1.165) is 10.8 Å². The van der Waals surface area contributed by atoms with Crippen molar-refractivity contribution in [2.24, 2.45) is 0 Å². The summed E-state index contributed by atoms with van der Waals surface area (Å²) in [7, 11) is 1.67. The van der Waals surface area contributed by atoms with E-state index in [1.165, 1.54) is 11.3 Å². The summed E-state index contributed by atoms with van der Waals surface area (Å²) in [5, 5.41) is 22.0. The van der Waals surface area contributed by atoms with Gasteiger partial charge >= 0.3 is 16.9 Å². The molecule has 0 spiro atoms. The van der Waals surface area contributed by atoms with E-state index in [0.29, 0.717) is 10.1 Å². The Bertz CT molecular complexity index is 731. The Balaban J connectivity index is 2.39. The molecular weight excluding hydrogens is 276 g/mol. The molecule has 0 unspecified atom stereocenters. The van der Waals surface area contributed by atoms with E-state index in [2.05, 4.69) is 15.5 Å². The van der Waals surface area contributed by atoms with Gasteiger partial charge in [-0.2, -0.15) is 0 Å². The number of rotatable bonds is 4. The maximum atomic E-state index is 11.5. The molecule has 0 fully saturated rings. The van der Waals surface area contributed by atoms with Crippen LogP contribution in [0, 0.1) is 10.1 Å². The molecule has 0 bridgehead atoms. The molecule has 0 aromatic carbocycles. The van der Waals surface area contributed by atoms with Crippen LogP contribution in [0.2, 0.25) is 0 Å². The molecule has 2 aromatic heterocycles. The molecule has 100 valence electrons. The van der Waals surface area contributed by atoms with Gasteiger partial charge in [0, 0.05) is 7.05 Å². The molecule has 2 aromatic rings. The average Bonchev–Trinajstić information content (AvgIpc) is 2.80. The molecule has 2 N–H and O–H groups in total. The minimum atomic E-state index is -1.03. The molecule has 10 nitrogen and oxygen atoms in total. The lowest BCUT2D eigenvalue weighted by atomic mass is 10.5. The van der Waals surface area contributed by atoms with Crippen LogP contribution in [0.1, 0.15) is 5.01 Å². The van der Waals surface area contributed by atoms with Crippen LogP contribution in [0.15, 0.2) is 15.8 Å². The van der Waals surface area contributed by atoms with E-state index < -0.39 is 21.9 Å². The standard InChI is InChI=1S/C8H8N6O4S/c1-9-7-12-11-5(19-7)3-13-2-4(14(17)18)6(15)10-8(13)16/h2H,3H2,1H3,(H,9,12)(H,10,15,16). The third-order valence-corrected chi connectivity index (χ3v) is 3.10. The van der Waals surface area contributed by atoms with Crippen molar-refractivity contribution < 1.29 is 4.92 Å². The lowest BCUT2D eigenvalue weighted by Gasteiger charge is -2.00.